The fraction of sp³-hybridized carbons (Fsp3) is 0.520. The minimum absolute atomic E-state index is 0.0591. The molecule has 7 heteroatoms. The number of ether oxygens (including phenoxy) is 4. The van der Waals surface area contributed by atoms with E-state index in [0.717, 1.165) is 24.8 Å². The van der Waals surface area contributed by atoms with Crippen molar-refractivity contribution in [3.05, 3.63) is 41.5 Å². The molecule has 1 fully saturated rings. The summed E-state index contributed by atoms with van der Waals surface area (Å²) in [5.74, 6) is 0.456. The molecule has 0 amide bonds. The van der Waals surface area contributed by atoms with E-state index in [2.05, 4.69) is 0 Å². The molecule has 1 aromatic rings. The van der Waals surface area contributed by atoms with Crippen LogP contribution in [-0.2, 0) is 19.1 Å². The zero-order valence-corrected chi connectivity index (χ0v) is 19.1. The molecule has 3 atom stereocenters. The number of allylic oxidation sites excluding steroid dienone is 1. The third-order valence-corrected chi connectivity index (χ3v) is 5.80. The van der Waals surface area contributed by atoms with Crippen LogP contribution in [0.2, 0.25) is 0 Å². The van der Waals surface area contributed by atoms with Gasteiger partial charge in [-0.1, -0.05) is 19.9 Å². The number of hydrogen-bond donors (Lipinski definition) is 1. The lowest BCUT2D eigenvalue weighted by Gasteiger charge is -2.33. The van der Waals surface area contributed by atoms with E-state index in [0.29, 0.717) is 23.7 Å². The summed E-state index contributed by atoms with van der Waals surface area (Å²) in [6.45, 7) is 5.96. The van der Waals surface area contributed by atoms with Gasteiger partial charge in [-0.2, -0.15) is 0 Å². The standard InChI is InChI=1S/C25H32O7/c1-16-13-18(26)24(25(2,3)15-19(16)27)32-22(28)11-9-17-8-10-20(21(14-17)29-4)31-23-7-5-6-12-30-23/h8-11,13-14,18,23-24,26H,5-7,12,15H2,1-4H3. The predicted molar refractivity (Wildman–Crippen MR) is 119 cm³/mol. The Bertz CT molecular complexity index is 894. The van der Waals surface area contributed by atoms with E-state index >= 15 is 0 Å². The average Bonchev–Trinajstić information content (AvgIpc) is 2.83. The fourth-order valence-electron chi connectivity index (χ4n) is 3.94. The van der Waals surface area contributed by atoms with Crippen molar-refractivity contribution in [2.75, 3.05) is 13.7 Å². The van der Waals surface area contributed by atoms with E-state index in [1.54, 1.807) is 38.3 Å². The Hall–Kier alpha value is -2.64. The normalized spacial score (nSPS) is 25.7. The number of hydrogen-bond acceptors (Lipinski definition) is 7. The Morgan fingerprint density at radius 1 is 1.25 bits per heavy atom. The van der Waals surface area contributed by atoms with Crippen molar-refractivity contribution in [2.45, 2.75) is 65.0 Å². The SMILES string of the molecule is COc1cc(C=CC(=O)OC2C(O)C=C(C)C(=O)CC2(C)C)ccc1OC1CCCCO1. The molecule has 1 aliphatic carbocycles. The molecule has 2 aliphatic rings. The lowest BCUT2D eigenvalue weighted by atomic mass is 9.80. The van der Waals surface area contributed by atoms with Crippen molar-refractivity contribution in [3.63, 3.8) is 0 Å². The molecule has 3 rings (SSSR count). The Kier molecular flexibility index (Phi) is 7.74. The quantitative estimate of drug-likeness (QED) is 0.527. The highest BCUT2D eigenvalue weighted by molar-refractivity contribution is 5.95. The van der Waals surface area contributed by atoms with Gasteiger partial charge in [-0.25, -0.2) is 4.79 Å². The number of aliphatic hydroxyl groups is 1. The second-order valence-electron chi connectivity index (χ2n) is 8.94. The molecule has 0 bridgehead atoms. The summed E-state index contributed by atoms with van der Waals surface area (Å²) in [5, 5.41) is 10.5. The van der Waals surface area contributed by atoms with Gasteiger partial charge in [-0.05, 0) is 55.2 Å². The van der Waals surface area contributed by atoms with Crippen LogP contribution >= 0.6 is 0 Å². The van der Waals surface area contributed by atoms with E-state index < -0.39 is 23.6 Å². The molecule has 1 aliphatic heterocycles. The number of rotatable bonds is 6. The largest absolute Gasteiger partial charge is 0.493 e. The lowest BCUT2D eigenvalue weighted by Crippen LogP contribution is -2.41. The maximum Gasteiger partial charge on any atom is 0.331 e. The van der Waals surface area contributed by atoms with Gasteiger partial charge in [0.05, 0.1) is 13.7 Å². The molecule has 0 aromatic heterocycles. The van der Waals surface area contributed by atoms with Gasteiger partial charge in [-0.3, -0.25) is 4.79 Å². The number of carbonyl (C=O) groups is 2. The van der Waals surface area contributed by atoms with E-state index in [1.807, 2.05) is 13.8 Å². The zero-order chi connectivity index (χ0) is 23.3. The van der Waals surface area contributed by atoms with Crippen LogP contribution in [0.15, 0.2) is 35.9 Å². The van der Waals surface area contributed by atoms with Gasteiger partial charge < -0.3 is 24.1 Å². The number of ketones is 1. The van der Waals surface area contributed by atoms with E-state index in [9.17, 15) is 14.7 Å². The van der Waals surface area contributed by atoms with E-state index in [-0.39, 0.29) is 18.5 Å². The molecule has 174 valence electrons. The topological polar surface area (TPSA) is 91.3 Å². The van der Waals surface area contributed by atoms with Crippen LogP contribution < -0.4 is 9.47 Å². The molecule has 1 heterocycles. The van der Waals surface area contributed by atoms with Gasteiger partial charge in [-0.15, -0.1) is 0 Å². The summed E-state index contributed by atoms with van der Waals surface area (Å²) in [5.41, 5.74) is 0.507. The number of methoxy groups -OCH3 is 1. The minimum Gasteiger partial charge on any atom is -0.493 e. The molecule has 1 aromatic carbocycles. The Morgan fingerprint density at radius 3 is 2.72 bits per heavy atom. The summed E-state index contributed by atoms with van der Waals surface area (Å²) in [6.07, 6.45) is 5.32. The molecular formula is C25H32O7. The molecule has 0 radical (unpaired) electrons. The van der Waals surface area contributed by atoms with Crippen molar-refractivity contribution >= 4 is 17.8 Å². The van der Waals surface area contributed by atoms with Gasteiger partial charge in [0, 0.05) is 24.3 Å². The third-order valence-electron chi connectivity index (χ3n) is 5.80. The highest BCUT2D eigenvalue weighted by Gasteiger charge is 2.41. The fourth-order valence-corrected chi connectivity index (χ4v) is 3.94. The smallest absolute Gasteiger partial charge is 0.331 e. The average molecular weight is 445 g/mol. The molecular weight excluding hydrogens is 412 g/mol. The summed E-state index contributed by atoms with van der Waals surface area (Å²) < 4.78 is 22.5. The van der Waals surface area contributed by atoms with Crippen molar-refractivity contribution in [1.82, 2.24) is 0 Å². The van der Waals surface area contributed by atoms with Gasteiger partial charge in [0.2, 0.25) is 0 Å². The van der Waals surface area contributed by atoms with E-state index in [1.165, 1.54) is 12.2 Å². The highest BCUT2D eigenvalue weighted by atomic mass is 16.7. The summed E-state index contributed by atoms with van der Waals surface area (Å²) >= 11 is 0. The first-order valence-electron chi connectivity index (χ1n) is 10.9. The predicted octanol–water partition coefficient (Wildman–Crippen LogP) is 3.83. The lowest BCUT2D eigenvalue weighted by molar-refractivity contribution is -0.157. The van der Waals surface area contributed by atoms with Gasteiger partial charge in [0.15, 0.2) is 23.6 Å². The first-order valence-corrected chi connectivity index (χ1v) is 10.9. The highest BCUT2D eigenvalue weighted by Crippen LogP contribution is 2.35. The van der Waals surface area contributed by atoms with Gasteiger partial charge >= 0.3 is 5.97 Å². The van der Waals surface area contributed by atoms with Crippen LogP contribution in [0.1, 0.15) is 52.0 Å². The molecule has 1 N–H and O–H groups in total. The van der Waals surface area contributed by atoms with Gasteiger partial charge in [0.25, 0.3) is 0 Å². The third kappa shape index (κ3) is 5.99. The number of esters is 1. The Balaban J connectivity index is 1.67. The maximum absolute atomic E-state index is 12.5. The van der Waals surface area contributed by atoms with Crippen molar-refractivity contribution in [3.8, 4) is 11.5 Å². The minimum atomic E-state index is -1.05. The number of Topliss-reactive ketones (excluding diaryl/α,β-unsaturated/α-hetero) is 1. The zero-order valence-electron chi connectivity index (χ0n) is 19.1. The van der Waals surface area contributed by atoms with Crippen molar-refractivity contribution < 1.29 is 33.6 Å². The first kappa shape index (κ1) is 24.0. The summed E-state index contributed by atoms with van der Waals surface area (Å²) in [7, 11) is 1.55. The van der Waals surface area contributed by atoms with Crippen LogP contribution in [0.25, 0.3) is 6.08 Å². The molecule has 0 spiro atoms. The van der Waals surface area contributed by atoms with Gasteiger partial charge in [0.1, 0.15) is 12.2 Å². The second kappa shape index (κ2) is 10.3. The first-order chi connectivity index (χ1) is 15.2. The van der Waals surface area contributed by atoms with Crippen LogP contribution in [-0.4, -0.2) is 49.1 Å². The van der Waals surface area contributed by atoms with Crippen LogP contribution in [0.5, 0.6) is 11.5 Å². The van der Waals surface area contributed by atoms with Crippen molar-refractivity contribution in [2.24, 2.45) is 5.41 Å². The monoisotopic (exact) mass is 444 g/mol. The summed E-state index contributed by atoms with van der Waals surface area (Å²) in [4.78, 5) is 24.6. The second-order valence-corrected chi connectivity index (χ2v) is 8.94. The van der Waals surface area contributed by atoms with Crippen molar-refractivity contribution in [1.29, 1.82) is 0 Å². The maximum atomic E-state index is 12.5. The molecule has 0 saturated carbocycles. The Morgan fingerprint density at radius 2 is 2.03 bits per heavy atom. The van der Waals surface area contributed by atoms with Crippen LogP contribution in [0.3, 0.4) is 0 Å². The summed E-state index contributed by atoms with van der Waals surface area (Å²) in [6, 6.07) is 5.34. The molecule has 32 heavy (non-hydrogen) atoms. The van der Waals surface area contributed by atoms with E-state index in [4.69, 9.17) is 18.9 Å². The number of carbonyl (C=O) groups excluding carboxylic acids is 2. The Labute approximate surface area is 189 Å². The van der Waals surface area contributed by atoms with Crippen LogP contribution in [0.4, 0.5) is 0 Å². The molecule has 7 nitrogen and oxygen atoms in total. The number of aliphatic hydroxyl groups excluding tert-OH is 1. The molecule has 1 saturated heterocycles. The molecule has 3 unspecified atom stereocenters. The van der Waals surface area contributed by atoms with Crippen LogP contribution in [0, 0.1) is 5.41 Å². The number of benzene rings is 1.